The monoisotopic (exact) mass is 259 g/mol. The van der Waals surface area contributed by atoms with Crippen LogP contribution in [0.15, 0.2) is 22.6 Å². The maximum atomic E-state index is 5.67. The molecule has 0 spiro atoms. The van der Waals surface area contributed by atoms with Gasteiger partial charge in [-0.25, -0.2) is 0 Å². The highest BCUT2D eigenvalue weighted by Gasteiger charge is 2.15. The minimum Gasteiger partial charge on any atom is -0.493 e. The Morgan fingerprint density at radius 2 is 2.26 bits per heavy atom. The number of aromatic nitrogens is 2. The van der Waals surface area contributed by atoms with Gasteiger partial charge in [0.25, 0.3) is 0 Å². The standard InChI is InChI=1S/C14H17N3O2/c1-2-15-7-5-13-16-17-14(19-13)11-3-4-12-10(9-11)6-8-18-12/h3-4,9,15H,2,5-8H2,1H3. The maximum absolute atomic E-state index is 5.67. The number of nitrogens with zero attached hydrogens (tertiary/aromatic N) is 2. The van der Waals surface area contributed by atoms with Crippen molar-refractivity contribution < 1.29 is 9.15 Å². The zero-order valence-electron chi connectivity index (χ0n) is 11.0. The molecule has 1 aromatic carbocycles. The molecular formula is C14H17N3O2. The predicted molar refractivity (Wildman–Crippen MR) is 71.2 cm³/mol. The topological polar surface area (TPSA) is 60.2 Å². The molecule has 0 bridgehead atoms. The van der Waals surface area contributed by atoms with E-state index in [1.54, 1.807) is 0 Å². The quantitative estimate of drug-likeness (QED) is 0.830. The molecule has 0 amide bonds. The second-order valence-electron chi connectivity index (χ2n) is 4.53. The SMILES string of the molecule is CCNCCc1nnc(-c2ccc3c(c2)CCO3)o1. The van der Waals surface area contributed by atoms with Gasteiger partial charge in [-0.1, -0.05) is 6.92 Å². The Kier molecular flexibility index (Phi) is 3.46. The molecule has 0 saturated heterocycles. The average molecular weight is 259 g/mol. The number of benzene rings is 1. The number of likely N-dealkylation sites (N-methyl/N-ethyl adjacent to an activating group) is 1. The third-order valence-electron chi connectivity index (χ3n) is 3.17. The first-order valence-electron chi connectivity index (χ1n) is 6.66. The van der Waals surface area contributed by atoms with Crippen LogP contribution >= 0.6 is 0 Å². The molecule has 1 N–H and O–H groups in total. The molecule has 0 fully saturated rings. The van der Waals surface area contributed by atoms with Gasteiger partial charge in [0.1, 0.15) is 5.75 Å². The molecule has 1 aliphatic rings. The lowest BCUT2D eigenvalue weighted by atomic mass is 10.1. The van der Waals surface area contributed by atoms with E-state index < -0.39 is 0 Å². The molecule has 100 valence electrons. The summed E-state index contributed by atoms with van der Waals surface area (Å²) in [6, 6.07) is 6.01. The first-order valence-corrected chi connectivity index (χ1v) is 6.66. The van der Waals surface area contributed by atoms with Gasteiger partial charge in [0.05, 0.1) is 6.61 Å². The van der Waals surface area contributed by atoms with Crippen molar-refractivity contribution in [2.24, 2.45) is 0 Å². The van der Waals surface area contributed by atoms with Crippen molar-refractivity contribution in [3.63, 3.8) is 0 Å². The van der Waals surface area contributed by atoms with Crippen molar-refractivity contribution in [1.82, 2.24) is 15.5 Å². The van der Waals surface area contributed by atoms with E-state index in [4.69, 9.17) is 9.15 Å². The number of hydrogen-bond acceptors (Lipinski definition) is 5. The molecule has 2 aromatic rings. The molecule has 5 nitrogen and oxygen atoms in total. The molecule has 0 unspecified atom stereocenters. The van der Waals surface area contributed by atoms with Crippen LogP contribution < -0.4 is 10.1 Å². The van der Waals surface area contributed by atoms with Crippen LogP contribution in [-0.4, -0.2) is 29.9 Å². The normalized spacial score (nSPS) is 13.3. The van der Waals surface area contributed by atoms with E-state index in [0.717, 1.165) is 43.9 Å². The maximum Gasteiger partial charge on any atom is 0.247 e. The van der Waals surface area contributed by atoms with Gasteiger partial charge in [0, 0.05) is 24.9 Å². The summed E-state index contributed by atoms with van der Waals surface area (Å²) in [4.78, 5) is 0. The fourth-order valence-electron chi connectivity index (χ4n) is 2.16. The Morgan fingerprint density at radius 1 is 1.32 bits per heavy atom. The highest BCUT2D eigenvalue weighted by molar-refractivity contribution is 5.57. The third-order valence-corrected chi connectivity index (χ3v) is 3.17. The van der Waals surface area contributed by atoms with E-state index in [1.807, 2.05) is 12.1 Å². The first-order chi connectivity index (χ1) is 9.36. The molecule has 3 rings (SSSR count). The van der Waals surface area contributed by atoms with Crippen molar-refractivity contribution in [1.29, 1.82) is 0 Å². The average Bonchev–Trinajstić information content (AvgIpc) is 3.06. The van der Waals surface area contributed by atoms with Gasteiger partial charge < -0.3 is 14.5 Å². The smallest absolute Gasteiger partial charge is 0.247 e. The highest BCUT2D eigenvalue weighted by Crippen LogP contribution is 2.29. The molecule has 1 aliphatic heterocycles. The summed E-state index contributed by atoms with van der Waals surface area (Å²) in [5, 5.41) is 11.4. The lowest BCUT2D eigenvalue weighted by molar-refractivity contribution is 0.357. The van der Waals surface area contributed by atoms with Crippen molar-refractivity contribution in [3.8, 4) is 17.2 Å². The summed E-state index contributed by atoms with van der Waals surface area (Å²) in [5.74, 6) is 2.23. The first kappa shape index (κ1) is 12.2. The van der Waals surface area contributed by atoms with Gasteiger partial charge in [-0.2, -0.15) is 0 Å². The number of ether oxygens (including phenoxy) is 1. The molecule has 0 aliphatic carbocycles. The zero-order chi connectivity index (χ0) is 13.1. The molecule has 5 heteroatoms. The Hall–Kier alpha value is -1.88. The lowest BCUT2D eigenvalue weighted by Crippen LogP contribution is -2.16. The van der Waals surface area contributed by atoms with Crippen LogP contribution in [0.2, 0.25) is 0 Å². The van der Waals surface area contributed by atoms with Crippen LogP contribution in [0.25, 0.3) is 11.5 Å². The number of nitrogens with one attached hydrogen (secondary N) is 1. The van der Waals surface area contributed by atoms with Crippen molar-refractivity contribution in [2.75, 3.05) is 19.7 Å². The molecule has 0 saturated carbocycles. The Labute approximate surface area is 112 Å². The highest BCUT2D eigenvalue weighted by atomic mass is 16.5. The van der Waals surface area contributed by atoms with E-state index in [-0.39, 0.29) is 0 Å². The van der Waals surface area contributed by atoms with Crippen LogP contribution in [0, 0.1) is 0 Å². The summed E-state index contributed by atoms with van der Waals surface area (Å²) in [5.41, 5.74) is 2.18. The van der Waals surface area contributed by atoms with E-state index in [2.05, 4.69) is 28.5 Å². The second kappa shape index (κ2) is 5.40. The van der Waals surface area contributed by atoms with Gasteiger partial charge in [-0.15, -0.1) is 10.2 Å². The molecule has 19 heavy (non-hydrogen) atoms. The van der Waals surface area contributed by atoms with Crippen LogP contribution in [0.3, 0.4) is 0 Å². The van der Waals surface area contributed by atoms with Gasteiger partial charge in [-0.05, 0) is 30.3 Å². The summed E-state index contributed by atoms with van der Waals surface area (Å²) < 4.78 is 11.2. The Morgan fingerprint density at radius 3 is 3.16 bits per heavy atom. The van der Waals surface area contributed by atoms with Gasteiger partial charge >= 0.3 is 0 Å². The van der Waals surface area contributed by atoms with Gasteiger partial charge in [-0.3, -0.25) is 0 Å². The summed E-state index contributed by atoms with van der Waals surface area (Å²) in [6.45, 7) is 4.64. The number of rotatable bonds is 5. The predicted octanol–water partition coefficient (Wildman–Crippen LogP) is 1.82. The zero-order valence-corrected chi connectivity index (χ0v) is 11.0. The van der Waals surface area contributed by atoms with Gasteiger partial charge in [0.2, 0.25) is 11.8 Å². The van der Waals surface area contributed by atoms with Crippen LogP contribution in [0.4, 0.5) is 0 Å². The van der Waals surface area contributed by atoms with E-state index in [0.29, 0.717) is 11.8 Å². The van der Waals surface area contributed by atoms with Crippen LogP contribution in [-0.2, 0) is 12.8 Å². The van der Waals surface area contributed by atoms with Crippen molar-refractivity contribution in [2.45, 2.75) is 19.8 Å². The van der Waals surface area contributed by atoms with E-state index >= 15 is 0 Å². The fourth-order valence-corrected chi connectivity index (χ4v) is 2.16. The van der Waals surface area contributed by atoms with Crippen LogP contribution in [0.5, 0.6) is 5.75 Å². The summed E-state index contributed by atoms with van der Waals surface area (Å²) in [7, 11) is 0. The van der Waals surface area contributed by atoms with Crippen LogP contribution in [0.1, 0.15) is 18.4 Å². The number of hydrogen-bond donors (Lipinski definition) is 1. The largest absolute Gasteiger partial charge is 0.493 e. The number of fused-ring (bicyclic) bond motifs is 1. The fraction of sp³-hybridized carbons (Fsp3) is 0.429. The third kappa shape index (κ3) is 2.61. The minimum atomic E-state index is 0.584. The summed E-state index contributed by atoms with van der Waals surface area (Å²) >= 11 is 0. The second-order valence-corrected chi connectivity index (χ2v) is 4.53. The van der Waals surface area contributed by atoms with Gasteiger partial charge in [0.15, 0.2) is 0 Å². The summed E-state index contributed by atoms with van der Waals surface area (Å²) in [6.07, 6.45) is 1.71. The Balaban J connectivity index is 1.75. The minimum absolute atomic E-state index is 0.584. The van der Waals surface area contributed by atoms with Crippen molar-refractivity contribution >= 4 is 0 Å². The lowest BCUT2D eigenvalue weighted by Gasteiger charge is -2.00. The van der Waals surface area contributed by atoms with Crippen molar-refractivity contribution in [3.05, 3.63) is 29.7 Å². The Bertz CT molecular complexity index is 566. The molecule has 0 radical (unpaired) electrons. The molecule has 0 atom stereocenters. The molecule has 2 heterocycles. The van der Waals surface area contributed by atoms with E-state index in [9.17, 15) is 0 Å². The molecular weight excluding hydrogens is 242 g/mol. The van der Waals surface area contributed by atoms with E-state index in [1.165, 1.54) is 5.56 Å². The molecule has 1 aromatic heterocycles.